The molecule has 0 atom stereocenters. The van der Waals surface area contributed by atoms with Crippen LogP contribution in [0.5, 0.6) is 0 Å². The average Bonchev–Trinajstić information content (AvgIpc) is 2.87. The van der Waals surface area contributed by atoms with Crippen molar-refractivity contribution in [2.24, 2.45) is 0 Å². The lowest BCUT2D eigenvalue weighted by Gasteiger charge is -2.16. The molecule has 0 N–H and O–H groups in total. The second-order valence-electron chi connectivity index (χ2n) is 5.51. The summed E-state index contributed by atoms with van der Waals surface area (Å²) in [6.45, 7) is 4.14. The van der Waals surface area contributed by atoms with E-state index in [1.165, 1.54) is 18.4 Å². The van der Waals surface area contributed by atoms with Crippen molar-refractivity contribution in [3.8, 4) is 0 Å². The number of aromatic nitrogens is 1. The number of rotatable bonds is 1. The molecular weight excluding hydrogens is 222 g/mol. The van der Waals surface area contributed by atoms with Crippen molar-refractivity contribution in [1.29, 1.82) is 0 Å². The predicted octanol–water partition coefficient (Wildman–Crippen LogP) is 3.73. The molecule has 0 bridgehead atoms. The highest BCUT2D eigenvalue weighted by molar-refractivity contribution is 5.85. The van der Waals surface area contributed by atoms with Crippen LogP contribution in [0.2, 0.25) is 0 Å². The highest BCUT2D eigenvalue weighted by Gasteiger charge is 2.19. The SMILES string of the molecule is Cc1ccc2c(C)cn(C3CCCC3)c(=O)c2c1. The van der Waals surface area contributed by atoms with Crippen LogP contribution in [0.3, 0.4) is 0 Å². The number of aryl methyl sites for hydroxylation is 2. The lowest BCUT2D eigenvalue weighted by molar-refractivity contribution is 0.504. The van der Waals surface area contributed by atoms with E-state index in [1.807, 2.05) is 17.6 Å². The monoisotopic (exact) mass is 241 g/mol. The number of hydrogen-bond acceptors (Lipinski definition) is 1. The number of nitrogens with zero attached hydrogens (tertiary/aromatic N) is 1. The molecule has 1 heterocycles. The van der Waals surface area contributed by atoms with Crippen molar-refractivity contribution >= 4 is 10.8 Å². The van der Waals surface area contributed by atoms with Crippen molar-refractivity contribution in [2.45, 2.75) is 45.6 Å². The van der Waals surface area contributed by atoms with Gasteiger partial charge in [0, 0.05) is 17.6 Å². The van der Waals surface area contributed by atoms with Gasteiger partial charge in [0.05, 0.1) is 0 Å². The third-order valence-electron chi connectivity index (χ3n) is 4.12. The summed E-state index contributed by atoms with van der Waals surface area (Å²) in [5.41, 5.74) is 2.55. The van der Waals surface area contributed by atoms with Gasteiger partial charge in [-0.05, 0) is 43.7 Å². The lowest BCUT2D eigenvalue weighted by Crippen LogP contribution is -2.23. The van der Waals surface area contributed by atoms with Crippen LogP contribution in [-0.2, 0) is 0 Å². The van der Waals surface area contributed by atoms with Gasteiger partial charge < -0.3 is 4.57 Å². The van der Waals surface area contributed by atoms with Gasteiger partial charge in [0.1, 0.15) is 0 Å². The first-order valence-electron chi connectivity index (χ1n) is 6.79. The molecule has 3 rings (SSSR count). The Morgan fingerprint density at radius 2 is 1.83 bits per heavy atom. The van der Waals surface area contributed by atoms with E-state index < -0.39 is 0 Å². The van der Waals surface area contributed by atoms with E-state index in [9.17, 15) is 4.79 Å². The van der Waals surface area contributed by atoms with Crippen molar-refractivity contribution in [3.63, 3.8) is 0 Å². The maximum Gasteiger partial charge on any atom is 0.258 e. The number of pyridine rings is 1. The molecule has 1 fully saturated rings. The van der Waals surface area contributed by atoms with E-state index in [0.717, 1.165) is 29.2 Å². The minimum absolute atomic E-state index is 0.186. The van der Waals surface area contributed by atoms with Crippen LogP contribution in [0.1, 0.15) is 42.9 Å². The van der Waals surface area contributed by atoms with Gasteiger partial charge in [-0.3, -0.25) is 4.79 Å². The molecule has 0 aliphatic heterocycles. The summed E-state index contributed by atoms with van der Waals surface area (Å²) in [5.74, 6) is 0. The van der Waals surface area contributed by atoms with Gasteiger partial charge in [0.2, 0.25) is 0 Å². The zero-order valence-corrected chi connectivity index (χ0v) is 11.1. The van der Waals surface area contributed by atoms with E-state index in [0.29, 0.717) is 6.04 Å². The first-order chi connectivity index (χ1) is 8.66. The predicted molar refractivity (Wildman–Crippen MR) is 75.2 cm³/mol. The molecule has 0 unspecified atom stereocenters. The smallest absolute Gasteiger partial charge is 0.258 e. The zero-order valence-electron chi connectivity index (χ0n) is 11.1. The minimum atomic E-state index is 0.186. The number of fused-ring (bicyclic) bond motifs is 1. The third kappa shape index (κ3) is 1.76. The van der Waals surface area contributed by atoms with Crippen LogP contribution in [-0.4, -0.2) is 4.57 Å². The van der Waals surface area contributed by atoms with E-state index in [2.05, 4.69) is 25.3 Å². The molecule has 2 nitrogen and oxygen atoms in total. The summed E-state index contributed by atoms with van der Waals surface area (Å²) in [6, 6.07) is 6.59. The fourth-order valence-corrected chi connectivity index (χ4v) is 3.11. The molecule has 1 aliphatic rings. The second-order valence-corrected chi connectivity index (χ2v) is 5.51. The Hall–Kier alpha value is -1.57. The Labute approximate surface area is 107 Å². The van der Waals surface area contributed by atoms with Gasteiger partial charge in [-0.25, -0.2) is 0 Å². The topological polar surface area (TPSA) is 22.0 Å². The lowest BCUT2D eigenvalue weighted by atomic mass is 10.1. The van der Waals surface area contributed by atoms with E-state index in [4.69, 9.17) is 0 Å². The van der Waals surface area contributed by atoms with Crippen LogP contribution in [0.15, 0.2) is 29.2 Å². The Balaban J connectivity index is 2.28. The van der Waals surface area contributed by atoms with Crippen molar-refractivity contribution in [2.75, 3.05) is 0 Å². The summed E-state index contributed by atoms with van der Waals surface area (Å²) in [5, 5.41) is 1.97. The summed E-state index contributed by atoms with van der Waals surface area (Å²) < 4.78 is 1.98. The molecule has 94 valence electrons. The van der Waals surface area contributed by atoms with Gasteiger partial charge in [0.25, 0.3) is 5.56 Å². The average molecular weight is 241 g/mol. The highest BCUT2D eigenvalue weighted by Crippen LogP contribution is 2.29. The molecule has 2 heteroatoms. The molecule has 0 spiro atoms. The van der Waals surface area contributed by atoms with Gasteiger partial charge >= 0.3 is 0 Å². The van der Waals surface area contributed by atoms with Crippen LogP contribution in [0, 0.1) is 13.8 Å². The van der Waals surface area contributed by atoms with Gasteiger partial charge in [0.15, 0.2) is 0 Å². The summed E-state index contributed by atoms with van der Waals surface area (Å²) in [4.78, 5) is 12.6. The molecule has 1 saturated carbocycles. The summed E-state index contributed by atoms with van der Waals surface area (Å²) in [6.07, 6.45) is 6.85. The Morgan fingerprint density at radius 1 is 1.11 bits per heavy atom. The molecule has 2 aromatic rings. The van der Waals surface area contributed by atoms with E-state index in [-0.39, 0.29) is 5.56 Å². The van der Waals surface area contributed by atoms with E-state index in [1.54, 1.807) is 0 Å². The van der Waals surface area contributed by atoms with E-state index >= 15 is 0 Å². The quantitative estimate of drug-likeness (QED) is 0.745. The summed E-state index contributed by atoms with van der Waals surface area (Å²) in [7, 11) is 0. The van der Waals surface area contributed by atoms with Crippen LogP contribution >= 0.6 is 0 Å². The normalized spacial score (nSPS) is 16.6. The minimum Gasteiger partial charge on any atom is -0.312 e. The van der Waals surface area contributed by atoms with Crippen molar-refractivity contribution in [3.05, 3.63) is 45.9 Å². The number of benzene rings is 1. The maximum atomic E-state index is 12.6. The highest BCUT2D eigenvalue weighted by atomic mass is 16.1. The van der Waals surface area contributed by atoms with Gasteiger partial charge in [-0.1, -0.05) is 30.5 Å². The fourth-order valence-electron chi connectivity index (χ4n) is 3.11. The Morgan fingerprint density at radius 3 is 2.56 bits per heavy atom. The van der Waals surface area contributed by atoms with Crippen LogP contribution in [0.25, 0.3) is 10.8 Å². The van der Waals surface area contributed by atoms with Gasteiger partial charge in [-0.15, -0.1) is 0 Å². The van der Waals surface area contributed by atoms with Crippen molar-refractivity contribution in [1.82, 2.24) is 4.57 Å². The number of hydrogen-bond donors (Lipinski definition) is 0. The Kier molecular flexibility index (Phi) is 2.73. The molecule has 0 amide bonds. The molecule has 0 saturated heterocycles. The van der Waals surface area contributed by atoms with Crippen LogP contribution < -0.4 is 5.56 Å². The molecular formula is C16H19NO. The molecule has 0 radical (unpaired) electrons. The maximum absolute atomic E-state index is 12.6. The first kappa shape index (κ1) is 11.5. The summed E-state index contributed by atoms with van der Waals surface area (Å²) >= 11 is 0. The molecule has 1 aliphatic carbocycles. The standard InChI is InChI=1S/C16H19NO/c1-11-7-8-14-12(2)10-17(13-5-3-4-6-13)16(18)15(14)9-11/h7-10,13H,3-6H2,1-2H3. The van der Waals surface area contributed by atoms with Gasteiger partial charge in [-0.2, -0.15) is 0 Å². The molecule has 1 aromatic carbocycles. The third-order valence-corrected chi connectivity index (χ3v) is 4.12. The molecule has 1 aromatic heterocycles. The van der Waals surface area contributed by atoms with Crippen molar-refractivity contribution < 1.29 is 0 Å². The molecule has 18 heavy (non-hydrogen) atoms. The fraction of sp³-hybridized carbons (Fsp3) is 0.438. The first-order valence-corrected chi connectivity index (χ1v) is 6.79. The second kappa shape index (κ2) is 4.27. The Bertz CT molecular complexity index is 648. The zero-order chi connectivity index (χ0) is 12.7. The largest absolute Gasteiger partial charge is 0.312 e. The van der Waals surface area contributed by atoms with Crippen LogP contribution in [0.4, 0.5) is 0 Å².